The number of anilines is 1. The standard InChI is InChI=1S/C14H19BrN6/c1-14(9-16)2-4-21(5-3-14)13-18-12(19-20-13)10-6-11(15)8-17-7-10/h6-8H,2-5,9,16H2,1H3,(H,18,19,20). The van der Waals surface area contributed by atoms with Gasteiger partial charge >= 0.3 is 0 Å². The molecule has 0 aromatic carbocycles. The summed E-state index contributed by atoms with van der Waals surface area (Å²) in [6.07, 6.45) is 5.67. The van der Waals surface area contributed by atoms with Crippen LogP contribution >= 0.6 is 15.9 Å². The summed E-state index contributed by atoms with van der Waals surface area (Å²) < 4.78 is 0.926. The molecule has 2 aromatic rings. The third kappa shape index (κ3) is 3.08. The summed E-state index contributed by atoms with van der Waals surface area (Å²) >= 11 is 3.42. The van der Waals surface area contributed by atoms with Gasteiger partial charge in [0.25, 0.3) is 0 Å². The van der Waals surface area contributed by atoms with Crippen molar-refractivity contribution in [2.24, 2.45) is 11.1 Å². The van der Waals surface area contributed by atoms with Crippen LogP contribution in [0.1, 0.15) is 19.8 Å². The monoisotopic (exact) mass is 350 g/mol. The Bertz CT molecular complexity index is 617. The van der Waals surface area contributed by atoms with E-state index in [-0.39, 0.29) is 5.41 Å². The van der Waals surface area contributed by atoms with E-state index in [0.717, 1.165) is 54.3 Å². The lowest BCUT2D eigenvalue weighted by molar-refractivity contribution is 0.257. The zero-order valence-corrected chi connectivity index (χ0v) is 13.6. The molecule has 0 unspecified atom stereocenters. The summed E-state index contributed by atoms with van der Waals surface area (Å²) in [5, 5.41) is 7.33. The van der Waals surface area contributed by atoms with E-state index in [9.17, 15) is 0 Å². The Morgan fingerprint density at radius 2 is 2.14 bits per heavy atom. The molecule has 6 nitrogen and oxygen atoms in total. The van der Waals surface area contributed by atoms with Crippen molar-refractivity contribution in [3.63, 3.8) is 0 Å². The van der Waals surface area contributed by atoms with E-state index >= 15 is 0 Å². The first-order valence-electron chi connectivity index (χ1n) is 7.08. The molecule has 3 rings (SSSR count). The van der Waals surface area contributed by atoms with Crippen molar-refractivity contribution < 1.29 is 0 Å². The minimum absolute atomic E-state index is 0.254. The summed E-state index contributed by atoms with van der Waals surface area (Å²) in [5.41, 5.74) is 7.03. The van der Waals surface area contributed by atoms with E-state index in [1.807, 2.05) is 6.07 Å². The molecule has 3 heterocycles. The zero-order valence-electron chi connectivity index (χ0n) is 12.0. The van der Waals surface area contributed by atoms with Crippen molar-refractivity contribution in [3.8, 4) is 11.4 Å². The Hall–Kier alpha value is -1.47. The molecule has 1 aliphatic rings. The average Bonchev–Trinajstić information content (AvgIpc) is 2.98. The highest BCUT2D eigenvalue weighted by atomic mass is 79.9. The van der Waals surface area contributed by atoms with Gasteiger partial charge < -0.3 is 10.6 Å². The Labute approximate surface area is 132 Å². The molecule has 0 amide bonds. The molecule has 1 fully saturated rings. The largest absolute Gasteiger partial charge is 0.339 e. The van der Waals surface area contributed by atoms with Crippen molar-refractivity contribution in [2.75, 3.05) is 24.5 Å². The highest BCUT2D eigenvalue weighted by molar-refractivity contribution is 9.10. The van der Waals surface area contributed by atoms with Gasteiger partial charge in [-0.2, -0.15) is 4.98 Å². The molecule has 0 aliphatic carbocycles. The number of H-pyrrole nitrogens is 1. The number of hydrogen-bond acceptors (Lipinski definition) is 5. The van der Waals surface area contributed by atoms with Gasteiger partial charge in [0, 0.05) is 35.5 Å². The van der Waals surface area contributed by atoms with Crippen LogP contribution in [0.5, 0.6) is 0 Å². The first-order chi connectivity index (χ1) is 10.1. The van der Waals surface area contributed by atoms with Crippen molar-refractivity contribution >= 4 is 21.9 Å². The summed E-state index contributed by atoms with van der Waals surface area (Å²) in [6, 6.07) is 1.97. The van der Waals surface area contributed by atoms with Gasteiger partial charge in [-0.05, 0) is 46.8 Å². The van der Waals surface area contributed by atoms with Crippen molar-refractivity contribution in [2.45, 2.75) is 19.8 Å². The Kier molecular flexibility index (Phi) is 3.95. The maximum absolute atomic E-state index is 5.85. The summed E-state index contributed by atoms with van der Waals surface area (Å²) in [7, 11) is 0. The number of aromatic amines is 1. The number of halogens is 1. The fraction of sp³-hybridized carbons (Fsp3) is 0.500. The van der Waals surface area contributed by atoms with Crippen LogP contribution in [0.4, 0.5) is 5.95 Å². The summed E-state index contributed by atoms with van der Waals surface area (Å²) in [5.74, 6) is 1.50. The number of rotatable bonds is 3. The molecule has 0 saturated carbocycles. The molecule has 21 heavy (non-hydrogen) atoms. The van der Waals surface area contributed by atoms with Gasteiger partial charge in [0.05, 0.1) is 0 Å². The first-order valence-corrected chi connectivity index (χ1v) is 7.87. The number of piperidine rings is 1. The lowest BCUT2D eigenvalue weighted by Crippen LogP contribution is -2.42. The minimum atomic E-state index is 0.254. The van der Waals surface area contributed by atoms with Gasteiger partial charge in [0.2, 0.25) is 5.95 Å². The SMILES string of the molecule is CC1(CN)CCN(c2n[nH]c(-c3cncc(Br)c3)n2)CC1. The maximum atomic E-state index is 5.85. The average molecular weight is 351 g/mol. The quantitative estimate of drug-likeness (QED) is 0.886. The molecule has 0 atom stereocenters. The van der Waals surface area contributed by atoms with Crippen molar-refractivity contribution in [1.82, 2.24) is 20.2 Å². The fourth-order valence-electron chi connectivity index (χ4n) is 2.52. The molecule has 1 saturated heterocycles. The van der Waals surface area contributed by atoms with Crippen LogP contribution in [0.3, 0.4) is 0 Å². The molecule has 1 aliphatic heterocycles. The van der Waals surface area contributed by atoms with Gasteiger partial charge in [0.1, 0.15) is 0 Å². The van der Waals surface area contributed by atoms with Crippen LogP contribution in [0.2, 0.25) is 0 Å². The number of hydrogen-bond donors (Lipinski definition) is 2. The van der Waals surface area contributed by atoms with E-state index in [2.05, 4.69) is 47.9 Å². The predicted molar refractivity (Wildman–Crippen MR) is 85.9 cm³/mol. The van der Waals surface area contributed by atoms with E-state index in [0.29, 0.717) is 0 Å². The molecule has 0 radical (unpaired) electrons. The second-order valence-corrected chi connectivity index (χ2v) is 6.79. The number of nitrogens with one attached hydrogen (secondary N) is 1. The molecular formula is C14H19BrN6. The third-order valence-electron chi connectivity index (χ3n) is 4.20. The predicted octanol–water partition coefficient (Wildman–Crippen LogP) is 2.19. The van der Waals surface area contributed by atoms with Crippen molar-refractivity contribution in [3.05, 3.63) is 22.9 Å². The molecule has 112 valence electrons. The Morgan fingerprint density at radius 3 is 2.81 bits per heavy atom. The molecule has 3 N–H and O–H groups in total. The smallest absolute Gasteiger partial charge is 0.245 e. The normalized spacial score (nSPS) is 18.0. The number of nitrogens with two attached hydrogens (primary N) is 1. The number of aromatic nitrogens is 4. The topological polar surface area (TPSA) is 83.7 Å². The van der Waals surface area contributed by atoms with E-state index in [1.54, 1.807) is 12.4 Å². The Morgan fingerprint density at radius 1 is 1.38 bits per heavy atom. The van der Waals surface area contributed by atoms with Crippen LogP contribution in [-0.4, -0.2) is 39.8 Å². The van der Waals surface area contributed by atoms with Crippen LogP contribution in [0.15, 0.2) is 22.9 Å². The van der Waals surface area contributed by atoms with Gasteiger partial charge in [-0.25, -0.2) is 0 Å². The number of nitrogens with zero attached hydrogens (tertiary/aromatic N) is 4. The fourth-order valence-corrected chi connectivity index (χ4v) is 2.88. The van der Waals surface area contributed by atoms with Gasteiger partial charge in [-0.3, -0.25) is 10.1 Å². The second-order valence-electron chi connectivity index (χ2n) is 5.88. The number of pyridine rings is 1. The first kappa shape index (κ1) is 14.5. The van der Waals surface area contributed by atoms with Crippen LogP contribution < -0.4 is 10.6 Å². The second kappa shape index (κ2) is 5.73. The van der Waals surface area contributed by atoms with Gasteiger partial charge in [-0.1, -0.05) is 6.92 Å². The highest BCUT2D eigenvalue weighted by Crippen LogP contribution is 2.31. The van der Waals surface area contributed by atoms with Crippen LogP contribution in [0.25, 0.3) is 11.4 Å². The zero-order chi connectivity index (χ0) is 14.9. The highest BCUT2D eigenvalue weighted by Gasteiger charge is 2.30. The summed E-state index contributed by atoms with van der Waals surface area (Å²) in [4.78, 5) is 10.9. The molecule has 0 spiro atoms. The van der Waals surface area contributed by atoms with Crippen LogP contribution in [-0.2, 0) is 0 Å². The van der Waals surface area contributed by atoms with Gasteiger partial charge in [0.15, 0.2) is 5.82 Å². The maximum Gasteiger partial charge on any atom is 0.245 e. The lowest BCUT2D eigenvalue weighted by atomic mass is 9.81. The molecule has 2 aromatic heterocycles. The summed E-state index contributed by atoms with van der Waals surface area (Å²) in [6.45, 7) is 4.88. The Balaban J connectivity index is 1.74. The van der Waals surface area contributed by atoms with E-state index in [1.165, 1.54) is 0 Å². The van der Waals surface area contributed by atoms with Crippen LogP contribution in [0, 0.1) is 5.41 Å². The minimum Gasteiger partial charge on any atom is -0.339 e. The molecular weight excluding hydrogens is 332 g/mol. The lowest BCUT2D eigenvalue weighted by Gasteiger charge is -2.38. The van der Waals surface area contributed by atoms with E-state index in [4.69, 9.17) is 5.73 Å². The molecule has 0 bridgehead atoms. The third-order valence-corrected chi connectivity index (χ3v) is 4.63. The molecule has 7 heteroatoms. The van der Waals surface area contributed by atoms with Crippen molar-refractivity contribution in [1.29, 1.82) is 0 Å². The van der Waals surface area contributed by atoms with E-state index < -0.39 is 0 Å². The van der Waals surface area contributed by atoms with Gasteiger partial charge in [-0.15, -0.1) is 5.10 Å².